The molecule has 5 rings (SSSR count). The van der Waals surface area contributed by atoms with Gasteiger partial charge in [-0.25, -0.2) is 18.9 Å². The molecule has 35 heavy (non-hydrogen) atoms. The van der Waals surface area contributed by atoms with E-state index >= 15 is 0 Å². The van der Waals surface area contributed by atoms with Crippen molar-refractivity contribution in [2.45, 2.75) is 19.6 Å². The zero-order valence-corrected chi connectivity index (χ0v) is 18.3. The smallest absolute Gasteiger partial charge is 0.345 e. The van der Waals surface area contributed by atoms with Crippen molar-refractivity contribution in [2.75, 3.05) is 6.54 Å². The number of nitrogens with zero attached hydrogens (tertiary/aromatic N) is 6. The second-order valence-corrected chi connectivity index (χ2v) is 7.89. The van der Waals surface area contributed by atoms with Crippen LogP contribution in [0.1, 0.15) is 5.56 Å². The van der Waals surface area contributed by atoms with Crippen molar-refractivity contribution in [3.05, 3.63) is 77.2 Å². The Balaban J connectivity index is 1.55. The molecule has 1 N–H and O–H groups in total. The van der Waals surface area contributed by atoms with Gasteiger partial charge in [0, 0.05) is 11.8 Å². The van der Waals surface area contributed by atoms with E-state index in [4.69, 9.17) is 0 Å². The van der Waals surface area contributed by atoms with Crippen LogP contribution in [0.4, 0.5) is 13.2 Å². The van der Waals surface area contributed by atoms with Gasteiger partial charge < -0.3 is 5.32 Å². The molecule has 0 fully saturated rings. The number of aryl methyl sites for hydroxylation is 1. The second-order valence-electron chi connectivity index (χ2n) is 7.89. The molecule has 0 bridgehead atoms. The van der Waals surface area contributed by atoms with Crippen molar-refractivity contribution in [3.8, 4) is 17.1 Å². The molecule has 0 unspecified atom stereocenters. The highest BCUT2D eigenvalue weighted by Crippen LogP contribution is 2.24. The summed E-state index contributed by atoms with van der Waals surface area (Å²) >= 11 is 0. The highest BCUT2D eigenvalue weighted by atomic mass is 19.4. The molecule has 9 nitrogen and oxygen atoms in total. The number of hydrogen-bond acceptors (Lipinski definition) is 5. The Hall–Kier alpha value is -4.48. The molecule has 0 radical (unpaired) electrons. The normalized spacial score (nSPS) is 11.9. The SMILES string of the molecule is Cc1cccc2c1n(-c1cnc(-c3cnn4ccccc34)cn1)c(=O)n2CC(=O)NCC(F)(F)F. The molecule has 1 aromatic carbocycles. The maximum absolute atomic E-state index is 13.3. The van der Waals surface area contributed by atoms with Crippen molar-refractivity contribution in [2.24, 2.45) is 0 Å². The monoisotopic (exact) mass is 481 g/mol. The predicted octanol–water partition coefficient (Wildman–Crippen LogP) is 2.88. The van der Waals surface area contributed by atoms with Gasteiger partial charge in [-0.1, -0.05) is 18.2 Å². The summed E-state index contributed by atoms with van der Waals surface area (Å²) in [6, 6.07) is 10.7. The van der Waals surface area contributed by atoms with Crippen LogP contribution in [-0.4, -0.2) is 47.3 Å². The molecule has 1 amide bonds. The van der Waals surface area contributed by atoms with Crippen LogP contribution in [0.15, 0.2) is 66.0 Å². The van der Waals surface area contributed by atoms with E-state index in [1.54, 1.807) is 41.2 Å². The molecule has 0 aliphatic rings. The number of imidazole rings is 1. The molecule has 0 aliphatic carbocycles. The van der Waals surface area contributed by atoms with Crippen molar-refractivity contribution in [1.82, 2.24) is 34.0 Å². The standard InChI is InChI=1S/C23H18F3N7O2/c1-14-5-4-7-18-21(14)33(22(35)31(18)12-20(34)29-13-23(24,25)26)19-11-27-16(10-28-19)15-9-30-32-8-3-2-6-17(15)32/h2-11H,12-13H2,1H3,(H,29,34). The number of alkyl halides is 3. The fourth-order valence-electron chi connectivity index (χ4n) is 3.94. The molecular formula is C23H18F3N7O2. The molecule has 5 aromatic rings. The van der Waals surface area contributed by atoms with Crippen LogP contribution < -0.4 is 11.0 Å². The van der Waals surface area contributed by atoms with E-state index < -0.39 is 30.9 Å². The van der Waals surface area contributed by atoms with Gasteiger partial charge in [0.2, 0.25) is 5.91 Å². The Morgan fingerprint density at radius 3 is 2.57 bits per heavy atom. The van der Waals surface area contributed by atoms with Crippen LogP contribution in [0.25, 0.3) is 33.6 Å². The third-order valence-corrected chi connectivity index (χ3v) is 5.51. The molecule has 0 atom stereocenters. The number of halogens is 3. The number of carbonyl (C=O) groups is 1. The minimum atomic E-state index is -4.55. The van der Waals surface area contributed by atoms with Gasteiger partial charge in [-0.3, -0.25) is 14.3 Å². The quantitative estimate of drug-likeness (QED) is 0.416. The summed E-state index contributed by atoms with van der Waals surface area (Å²) in [6.45, 7) is -0.266. The van der Waals surface area contributed by atoms with Crippen molar-refractivity contribution < 1.29 is 18.0 Å². The summed E-state index contributed by atoms with van der Waals surface area (Å²) in [5, 5.41) is 6.08. The topological polar surface area (TPSA) is 99.1 Å². The van der Waals surface area contributed by atoms with E-state index in [1.807, 2.05) is 24.4 Å². The number of pyridine rings is 1. The van der Waals surface area contributed by atoms with Crippen molar-refractivity contribution in [1.29, 1.82) is 0 Å². The van der Waals surface area contributed by atoms with Crippen LogP contribution >= 0.6 is 0 Å². The maximum atomic E-state index is 13.3. The number of rotatable bonds is 5. The lowest BCUT2D eigenvalue weighted by atomic mass is 10.2. The second kappa shape index (κ2) is 8.38. The minimum absolute atomic E-state index is 0.212. The van der Waals surface area contributed by atoms with Gasteiger partial charge in [-0.2, -0.15) is 18.3 Å². The number of hydrogen-bond donors (Lipinski definition) is 1. The first-order valence-electron chi connectivity index (χ1n) is 10.5. The Morgan fingerprint density at radius 2 is 1.83 bits per heavy atom. The van der Waals surface area contributed by atoms with Gasteiger partial charge in [0.25, 0.3) is 0 Å². The third-order valence-electron chi connectivity index (χ3n) is 5.51. The third kappa shape index (κ3) is 4.14. The first-order valence-corrected chi connectivity index (χ1v) is 10.5. The van der Waals surface area contributed by atoms with Crippen LogP contribution in [0.5, 0.6) is 0 Å². The summed E-state index contributed by atoms with van der Waals surface area (Å²) in [6.07, 6.45) is 1.87. The Morgan fingerprint density at radius 1 is 1.03 bits per heavy atom. The Bertz CT molecular complexity index is 1610. The molecule has 178 valence electrons. The molecular weight excluding hydrogens is 463 g/mol. The Labute approximate surface area is 195 Å². The van der Waals surface area contributed by atoms with Gasteiger partial charge in [0.15, 0.2) is 5.82 Å². The number of benzene rings is 1. The highest BCUT2D eigenvalue weighted by molar-refractivity contribution is 5.84. The number of nitrogens with one attached hydrogen (secondary N) is 1. The average Bonchev–Trinajstić information content (AvgIpc) is 3.38. The van der Waals surface area contributed by atoms with Crippen molar-refractivity contribution in [3.63, 3.8) is 0 Å². The molecule has 4 heterocycles. The zero-order valence-electron chi connectivity index (χ0n) is 18.3. The van der Waals surface area contributed by atoms with E-state index in [0.717, 1.165) is 21.2 Å². The zero-order chi connectivity index (χ0) is 24.7. The predicted molar refractivity (Wildman–Crippen MR) is 121 cm³/mol. The van der Waals surface area contributed by atoms with Gasteiger partial charge in [-0.15, -0.1) is 0 Å². The Kier molecular flexibility index (Phi) is 5.35. The lowest BCUT2D eigenvalue weighted by molar-refractivity contribution is -0.138. The maximum Gasteiger partial charge on any atom is 0.405 e. The van der Waals surface area contributed by atoms with Crippen LogP contribution in [-0.2, 0) is 11.3 Å². The van der Waals surface area contributed by atoms with E-state index in [2.05, 4.69) is 15.1 Å². The molecule has 12 heteroatoms. The lowest BCUT2D eigenvalue weighted by Gasteiger charge is -2.08. The van der Waals surface area contributed by atoms with E-state index in [9.17, 15) is 22.8 Å². The first kappa shape index (κ1) is 22.3. The van der Waals surface area contributed by atoms with Gasteiger partial charge in [-0.05, 0) is 30.7 Å². The fraction of sp³-hybridized carbons (Fsp3) is 0.174. The van der Waals surface area contributed by atoms with Gasteiger partial charge in [0.1, 0.15) is 13.1 Å². The fourth-order valence-corrected chi connectivity index (χ4v) is 3.94. The van der Waals surface area contributed by atoms with Crippen molar-refractivity contribution >= 4 is 22.5 Å². The molecule has 0 saturated heterocycles. The number of amides is 1. The number of aromatic nitrogens is 6. The van der Waals surface area contributed by atoms with Gasteiger partial charge in [0.05, 0.1) is 40.8 Å². The molecule has 4 aromatic heterocycles. The summed E-state index contributed by atoms with van der Waals surface area (Å²) in [7, 11) is 0. The summed E-state index contributed by atoms with van der Waals surface area (Å²) in [4.78, 5) is 34.4. The van der Waals surface area contributed by atoms with Crippen LogP contribution in [0.2, 0.25) is 0 Å². The summed E-state index contributed by atoms with van der Waals surface area (Å²) < 4.78 is 41.6. The highest BCUT2D eigenvalue weighted by Gasteiger charge is 2.28. The average molecular weight is 481 g/mol. The number of fused-ring (bicyclic) bond motifs is 2. The molecule has 0 aliphatic heterocycles. The summed E-state index contributed by atoms with van der Waals surface area (Å²) in [5.41, 5.74) is 3.14. The number of carbonyl (C=O) groups excluding carboxylic acids is 1. The first-order chi connectivity index (χ1) is 16.7. The van der Waals surface area contributed by atoms with Crippen LogP contribution in [0.3, 0.4) is 0 Å². The minimum Gasteiger partial charge on any atom is -0.345 e. The van der Waals surface area contributed by atoms with E-state index in [0.29, 0.717) is 16.7 Å². The lowest BCUT2D eigenvalue weighted by Crippen LogP contribution is -2.38. The largest absolute Gasteiger partial charge is 0.405 e. The molecule has 0 spiro atoms. The van der Waals surface area contributed by atoms with Crippen LogP contribution in [0, 0.1) is 6.92 Å². The van der Waals surface area contributed by atoms with E-state index in [1.165, 1.54) is 17.0 Å². The molecule has 0 saturated carbocycles. The summed E-state index contributed by atoms with van der Waals surface area (Å²) in [5.74, 6) is -0.719. The van der Waals surface area contributed by atoms with E-state index in [-0.39, 0.29) is 5.82 Å². The van der Waals surface area contributed by atoms with Gasteiger partial charge >= 0.3 is 11.9 Å². The number of para-hydroxylation sites is 1.